The summed E-state index contributed by atoms with van der Waals surface area (Å²) in [6.07, 6.45) is 0.899. The molecule has 0 bridgehead atoms. The van der Waals surface area contributed by atoms with Gasteiger partial charge in [0.15, 0.2) is 0 Å². The highest BCUT2D eigenvalue weighted by Gasteiger charge is 2.21. The van der Waals surface area contributed by atoms with Crippen molar-refractivity contribution >= 4 is 16.1 Å². The Kier molecular flexibility index (Phi) is 4.90. The van der Waals surface area contributed by atoms with Crippen LogP contribution >= 0.6 is 0 Å². The SMILES string of the molecule is C[C@H](C(=O)O)c1cc(Oc2ccccc2)ccc1OS(C)(=O)=O. The third-order valence-electron chi connectivity index (χ3n) is 3.04. The Morgan fingerprint density at radius 2 is 1.74 bits per heavy atom. The van der Waals surface area contributed by atoms with Crippen LogP contribution in [0, 0.1) is 0 Å². The number of rotatable bonds is 6. The normalized spacial score (nSPS) is 12.4. The lowest BCUT2D eigenvalue weighted by atomic mass is 10.00. The summed E-state index contributed by atoms with van der Waals surface area (Å²) < 4.78 is 33.1. The van der Waals surface area contributed by atoms with E-state index >= 15 is 0 Å². The molecule has 0 aliphatic heterocycles. The summed E-state index contributed by atoms with van der Waals surface area (Å²) in [7, 11) is -3.76. The third kappa shape index (κ3) is 4.72. The highest BCUT2D eigenvalue weighted by Crippen LogP contribution is 2.33. The second kappa shape index (κ2) is 6.70. The molecule has 7 heteroatoms. The fourth-order valence-electron chi connectivity index (χ4n) is 1.93. The second-order valence-electron chi connectivity index (χ2n) is 4.96. The Labute approximate surface area is 134 Å². The molecule has 0 aliphatic rings. The topological polar surface area (TPSA) is 89.9 Å². The lowest BCUT2D eigenvalue weighted by molar-refractivity contribution is -0.138. The number of carboxylic acid groups (broad SMARTS) is 1. The van der Waals surface area contributed by atoms with E-state index < -0.39 is 22.0 Å². The molecule has 2 rings (SSSR count). The van der Waals surface area contributed by atoms with Gasteiger partial charge in [0.1, 0.15) is 17.2 Å². The average Bonchev–Trinajstić information content (AvgIpc) is 2.47. The van der Waals surface area contributed by atoms with E-state index in [2.05, 4.69) is 0 Å². The zero-order chi connectivity index (χ0) is 17.0. The molecular formula is C16H16O6S. The van der Waals surface area contributed by atoms with Crippen molar-refractivity contribution in [3.05, 3.63) is 54.1 Å². The van der Waals surface area contributed by atoms with Crippen LogP contribution in [0.25, 0.3) is 0 Å². The molecule has 0 amide bonds. The molecule has 2 aromatic rings. The Balaban J connectivity index is 2.40. The maximum atomic E-state index is 11.3. The van der Waals surface area contributed by atoms with E-state index in [1.165, 1.54) is 25.1 Å². The summed E-state index contributed by atoms with van der Waals surface area (Å²) in [6.45, 7) is 1.44. The quantitative estimate of drug-likeness (QED) is 0.816. The fraction of sp³-hybridized carbons (Fsp3) is 0.188. The number of hydrogen-bond acceptors (Lipinski definition) is 5. The van der Waals surface area contributed by atoms with Crippen molar-refractivity contribution < 1.29 is 27.2 Å². The second-order valence-corrected chi connectivity index (χ2v) is 6.54. The molecule has 0 unspecified atom stereocenters. The summed E-state index contributed by atoms with van der Waals surface area (Å²) in [5.74, 6) is -1.10. The first kappa shape index (κ1) is 16.8. The van der Waals surface area contributed by atoms with Gasteiger partial charge in [-0.15, -0.1) is 0 Å². The molecular weight excluding hydrogens is 320 g/mol. The van der Waals surface area contributed by atoms with Crippen LogP contribution in [-0.2, 0) is 14.9 Å². The smallest absolute Gasteiger partial charge is 0.310 e. The van der Waals surface area contributed by atoms with E-state index in [0.717, 1.165) is 6.26 Å². The minimum Gasteiger partial charge on any atom is -0.481 e. The van der Waals surface area contributed by atoms with Gasteiger partial charge in [-0.2, -0.15) is 8.42 Å². The standard InChI is InChI=1S/C16H16O6S/c1-11(16(17)18)14-10-13(21-12-6-4-3-5-7-12)8-9-15(14)22-23(2,19)20/h3-11H,1-2H3,(H,17,18)/t11-/m0/s1. The van der Waals surface area contributed by atoms with Crippen LogP contribution in [0.2, 0.25) is 0 Å². The van der Waals surface area contributed by atoms with E-state index in [9.17, 15) is 18.3 Å². The largest absolute Gasteiger partial charge is 0.481 e. The first-order valence-electron chi connectivity index (χ1n) is 6.75. The van der Waals surface area contributed by atoms with Gasteiger partial charge in [0.2, 0.25) is 0 Å². The summed E-state index contributed by atoms with van der Waals surface area (Å²) in [5.41, 5.74) is 0.219. The van der Waals surface area contributed by atoms with Gasteiger partial charge < -0.3 is 14.0 Å². The molecule has 0 saturated carbocycles. The van der Waals surface area contributed by atoms with Gasteiger partial charge in [-0.3, -0.25) is 4.79 Å². The molecule has 23 heavy (non-hydrogen) atoms. The average molecular weight is 336 g/mol. The van der Waals surface area contributed by atoms with E-state index in [1.54, 1.807) is 24.3 Å². The molecule has 6 nitrogen and oxygen atoms in total. The zero-order valence-electron chi connectivity index (χ0n) is 12.6. The van der Waals surface area contributed by atoms with Crippen LogP contribution in [-0.4, -0.2) is 25.7 Å². The minimum absolute atomic E-state index is 0.0252. The molecule has 1 atom stereocenters. The number of hydrogen-bond donors (Lipinski definition) is 1. The van der Waals surface area contributed by atoms with Crippen LogP contribution in [0.5, 0.6) is 17.2 Å². The van der Waals surface area contributed by atoms with Crippen molar-refractivity contribution in [1.29, 1.82) is 0 Å². The highest BCUT2D eigenvalue weighted by molar-refractivity contribution is 7.86. The van der Waals surface area contributed by atoms with E-state index in [0.29, 0.717) is 11.5 Å². The number of carboxylic acids is 1. The summed E-state index contributed by atoms with van der Waals surface area (Å²) in [5, 5.41) is 9.19. The predicted octanol–water partition coefficient (Wildman–Crippen LogP) is 3.01. The molecule has 0 fully saturated rings. The first-order chi connectivity index (χ1) is 10.8. The molecule has 2 aromatic carbocycles. The molecule has 0 spiro atoms. The Morgan fingerprint density at radius 1 is 1.09 bits per heavy atom. The van der Waals surface area contributed by atoms with Gasteiger partial charge in [0, 0.05) is 5.56 Å². The first-order valence-corrected chi connectivity index (χ1v) is 8.57. The number of ether oxygens (including phenoxy) is 1. The lowest BCUT2D eigenvalue weighted by Crippen LogP contribution is -2.12. The molecule has 0 aliphatic carbocycles. The van der Waals surface area contributed by atoms with Gasteiger partial charge in [-0.05, 0) is 37.3 Å². The van der Waals surface area contributed by atoms with Crippen molar-refractivity contribution in [1.82, 2.24) is 0 Å². The maximum Gasteiger partial charge on any atom is 0.310 e. The Bertz CT molecular complexity index is 799. The van der Waals surface area contributed by atoms with Crippen LogP contribution < -0.4 is 8.92 Å². The van der Waals surface area contributed by atoms with Gasteiger partial charge in [0.25, 0.3) is 0 Å². The Morgan fingerprint density at radius 3 is 2.30 bits per heavy atom. The van der Waals surface area contributed by atoms with Crippen LogP contribution in [0.1, 0.15) is 18.4 Å². The van der Waals surface area contributed by atoms with Gasteiger partial charge >= 0.3 is 16.1 Å². The molecule has 0 radical (unpaired) electrons. The van der Waals surface area contributed by atoms with Crippen LogP contribution in [0.3, 0.4) is 0 Å². The number of benzene rings is 2. The molecule has 0 aromatic heterocycles. The molecule has 122 valence electrons. The van der Waals surface area contributed by atoms with E-state index in [1.807, 2.05) is 6.07 Å². The molecule has 0 saturated heterocycles. The van der Waals surface area contributed by atoms with Crippen molar-refractivity contribution in [2.75, 3.05) is 6.26 Å². The van der Waals surface area contributed by atoms with Crippen molar-refractivity contribution in [3.8, 4) is 17.2 Å². The van der Waals surface area contributed by atoms with E-state index in [-0.39, 0.29) is 11.3 Å². The Hall–Kier alpha value is -2.54. The number of para-hydroxylation sites is 1. The lowest BCUT2D eigenvalue weighted by Gasteiger charge is -2.15. The van der Waals surface area contributed by atoms with Crippen molar-refractivity contribution in [2.24, 2.45) is 0 Å². The van der Waals surface area contributed by atoms with Crippen LogP contribution in [0.15, 0.2) is 48.5 Å². The zero-order valence-corrected chi connectivity index (χ0v) is 13.4. The van der Waals surface area contributed by atoms with Crippen molar-refractivity contribution in [2.45, 2.75) is 12.8 Å². The van der Waals surface area contributed by atoms with Crippen molar-refractivity contribution in [3.63, 3.8) is 0 Å². The molecule has 0 heterocycles. The summed E-state index contributed by atoms with van der Waals surface area (Å²) >= 11 is 0. The van der Waals surface area contributed by atoms with Gasteiger partial charge in [-0.25, -0.2) is 0 Å². The third-order valence-corrected chi connectivity index (χ3v) is 3.52. The summed E-state index contributed by atoms with van der Waals surface area (Å²) in [4.78, 5) is 11.2. The van der Waals surface area contributed by atoms with Gasteiger partial charge in [-0.1, -0.05) is 18.2 Å². The fourth-order valence-corrected chi connectivity index (χ4v) is 2.40. The number of carbonyl (C=O) groups is 1. The highest BCUT2D eigenvalue weighted by atomic mass is 32.2. The summed E-state index contributed by atoms with van der Waals surface area (Å²) in [6, 6.07) is 13.3. The van der Waals surface area contributed by atoms with Crippen LogP contribution in [0.4, 0.5) is 0 Å². The minimum atomic E-state index is -3.76. The van der Waals surface area contributed by atoms with Gasteiger partial charge in [0.05, 0.1) is 12.2 Å². The maximum absolute atomic E-state index is 11.3. The molecule has 1 N–H and O–H groups in total. The predicted molar refractivity (Wildman–Crippen MR) is 84.5 cm³/mol. The van der Waals surface area contributed by atoms with E-state index in [4.69, 9.17) is 8.92 Å². The number of aliphatic carboxylic acids is 1. The monoisotopic (exact) mass is 336 g/mol.